The van der Waals surface area contributed by atoms with Crippen LogP contribution in [0.2, 0.25) is 0 Å². The molecule has 1 N–H and O–H groups in total. The number of benzene rings is 1. The van der Waals surface area contributed by atoms with Crippen LogP contribution in [-0.2, 0) is 0 Å². The number of nitrogens with zero attached hydrogens (tertiary/aromatic N) is 2. The van der Waals surface area contributed by atoms with Gasteiger partial charge in [0.15, 0.2) is 0 Å². The van der Waals surface area contributed by atoms with Crippen molar-refractivity contribution in [1.82, 2.24) is 15.1 Å². The lowest BCUT2D eigenvalue weighted by Crippen LogP contribution is -2.27. The molecule has 1 aromatic heterocycles. The van der Waals surface area contributed by atoms with Gasteiger partial charge in [0.2, 0.25) is 0 Å². The largest absolute Gasteiger partial charge is 0.497 e. The molecule has 0 spiro atoms. The van der Waals surface area contributed by atoms with Crippen molar-refractivity contribution in [2.24, 2.45) is 0 Å². The van der Waals surface area contributed by atoms with Gasteiger partial charge in [0.25, 0.3) is 5.91 Å². The molecule has 1 amide bonds. The van der Waals surface area contributed by atoms with Gasteiger partial charge in [-0.05, 0) is 43.2 Å². The average Bonchev–Trinajstić information content (AvgIpc) is 3.18. The van der Waals surface area contributed by atoms with Gasteiger partial charge in [0, 0.05) is 18.7 Å². The molecule has 0 radical (unpaired) electrons. The molecule has 1 aliphatic heterocycles. The number of amides is 1. The minimum absolute atomic E-state index is 0.0368. The Balaban J connectivity index is 1.80. The Morgan fingerprint density at radius 1 is 1.25 bits per heavy atom. The SMILES string of the molecule is COc1ccc(-c2cc(C(=O)N3CCCC3)[nH]n2)cc1. The second kappa shape index (κ2) is 5.36. The fourth-order valence-corrected chi connectivity index (χ4v) is 2.43. The number of hydrogen-bond donors (Lipinski definition) is 1. The first-order valence-corrected chi connectivity index (χ1v) is 6.77. The van der Waals surface area contributed by atoms with E-state index in [1.807, 2.05) is 35.2 Å². The van der Waals surface area contributed by atoms with Gasteiger partial charge in [-0.3, -0.25) is 9.89 Å². The molecular formula is C15H17N3O2. The molecule has 5 heteroatoms. The summed E-state index contributed by atoms with van der Waals surface area (Å²) in [4.78, 5) is 14.1. The maximum Gasteiger partial charge on any atom is 0.271 e. The average molecular weight is 271 g/mol. The third-order valence-corrected chi connectivity index (χ3v) is 3.59. The molecule has 1 fully saturated rings. The molecule has 20 heavy (non-hydrogen) atoms. The second-order valence-corrected chi connectivity index (χ2v) is 4.89. The predicted octanol–water partition coefficient (Wildman–Crippen LogP) is 2.32. The summed E-state index contributed by atoms with van der Waals surface area (Å²) in [5, 5.41) is 7.06. The van der Waals surface area contributed by atoms with E-state index in [0.717, 1.165) is 42.9 Å². The zero-order valence-electron chi connectivity index (χ0n) is 11.4. The van der Waals surface area contributed by atoms with Gasteiger partial charge in [-0.2, -0.15) is 5.10 Å². The number of carbonyl (C=O) groups is 1. The summed E-state index contributed by atoms with van der Waals surface area (Å²) in [7, 11) is 1.64. The zero-order chi connectivity index (χ0) is 13.9. The Kier molecular flexibility index (Phi) is 3.41. The van der Waals surface area contributed by atoms with E-state index in [1.54, 1.807) is 7.11 Å². The first kappa shape index (κ1) is 12.7. The van der Waals surface area contributed by atoms with Gasteiger partial charge in [0.1, 0.15) is 11.4 Å². The summed E-state index contributed by atoms with van der Waals surface area (Å²) in [6.45, 7) is 1.69. The van der Waals surface area contributed by atoms with Crippen molar-refractivity contribution >= 4 is 5.91 Å². The van der Waals surface area contributed by atoms with Gasteiger partial charge in [-0.1, -0.05) is 0 Å². The van der Waals surface area contributed by atoms with E-state index in [2.05, 4.69) is 10.2 Å². The number of ether oxygens (including phenoxy) is 1. The number of aromatic amines is 1. The van der Waals surface area contributed by atoms with Gasteiger partial charge in [-0.15, -0.1) is 0 Å². The molecule has 5 nitrogen and oxygen atoms in total. The van der Waals surface area contributed by atoms with Crippen molar-refractivity contribution in [1.29, 1.82) is 0 Å². The van der Waals surface area contributed by atoms with Crippen LogP contribution in [0.15, 0.2) is 30.3 Å². The van der Waals surface area contributed by atoms with Crippen LogP contribution in [-0.4, -0.2) is 41.2 Å². The number of rotatable bonds is 3. The van der Waals surface area contributed by atoms with E-state index in [9.17, 15) is 4.79 Å². The minimum atomic E-state index is 0.0368. The van der Waals surface area contributed by atoms with Gasteiger partial charge < -0.3 is 9.64 Å². The van der Waals surface area contributed by atoms with Crippen molar-refractivity contribution in [3.05, 3.63) is 36.0 Å². The molecule has 1 aromatic carbocycles. The third-order valence-electron chi connectivity index (χ3n) is 3.59. The maximum atomic E-state index is 12.2. The van der Waals surface area contributed by atoms with Crippen LogP contribution in [0, 0.1) is 0 Å². The molecule has 0 atom stereocenters. The molecule has 0 bridgehead atoms. The zero-order valence-corrected chi connectivity index (χ0v) is 11.4. The molecular weight excluding hydrogens is 254 g/mol. The van der Waals surface area contributed by atoms with Crippen LogP contribution >= 0.6 is 0 Å². The van der Waals surface area contributed by atoms with Crippen LogP contribution < -0.4 is 4.74 Å². The van der Waals surface area contributed by atoms with Gasteiger partial charge in [-0.25, -0.2) is 0 Å². The second-order valence-electron chi connectivity index (χ2n) is 4.89. The highest BCUT2D eigenvalue weighted by Gasteiger charge is 2.21. The fourth-order valence-electron chi connectivity index (χ4n) is 2.43. The van der Waals surface area contributed by atoms with Crippen molar-refractivity contribution in [3.8, 4) is 17.0 Å². The number of H-pyrrole nitrogens is 1. The summed E-state index contributed by atoms with van der Waals surface area (Å²) in [6.07, 6.45) is 2.18. The topological polar surface area (TPSA) is 58.2 Å². The third kappa shape index (κ3) is 2.39. The highest BCUT2D eigenvalue weighted by molar-refractivity contribution is 5.93. The Morgan fingerprint density at radius 3 is 2.60 bits per heavy atom. The number of nitrogens with one attached hydrogen (secondary N) is 1. The van der Waals surface area contributed by atoms with E-state index in [0.29, 0.717) is 5.69 Å². The number of likely N-dealkylation sites (tertiary alicyclic amines) is 1. The normalized spacial score (nSPS) is 14.6. The summed E-state index contributed by atoms with van der Waals surface area (Å²) >= 11 is 0. The fraction of sp³-hybridized carbons (Fsp3) is 0.333. The smallest absolute Gasteiger partial charge is 0.271 e. The maximum absolute atomic E-state index is 12.2. The number of carbonyl (C=O) groups excluding carboxylic acids is 1. The number of aromatic nitrogens is 2. The lowest BCUT2D eigenvalue weighted by molar-refractivity contribution is 0.0787. The Bertz CT molecular complexity index is 598. The van der Waals surface area contributed by atoms with Gasteiger partial charge in [0.05, 0.1) is 12.8 Å². The molecule has 104 valence electrons. The van der Waals surface area contributed by atoms with Crippen LogP contribution in [0.5, 0.6) is 5.75 Å². The van der Waals surface area contributed by atoms with Crippen molar-refractivity contribution in [3.63, 3.8) is 0 Å². The summed E-state index contributed by atoms with van der Waals surface area (Å²) in [5.74, 6) is 0.840. The molecule has 2 heterocycles. The van der Waals surface area contributed by atoms with E-state index < -0.39 is 0 Å². The molecule has 2 aromatic rings. The molecule has 3 rings (SSSR count). The quantitative estimate of drug-likeness (QED) is 0.932. The highest BCUT2D eigenvalue weighted by atomic mass is 16.5. The molecule has 1 saturated heterocycles. The highest BCUT2D eigenvalue weighted by Crippen LogP contribution is 2.22. The first-order valence-electron chi connectivity index (χ1n) is 6.77. The van der Waals surface area contributed by atoms with Crippen LogP contribution in [0.1, 0.15) is 23.3 Å². The first-order chi connectivity index (χ1) is 9.78. The number of methoxy groups -OCH3 is 1. The Hall–Kier alpha value is -2.30. The van der Waals surface area contributed by atoms with E-state index >= 15 is 0 Å². The minimum Gasteiger partial charge on any atom is -0.497 e. The van der Waals surface area contributed by atoms with Crippen molar-refractivity contribution in [2.45, 2.75) is 12.8 Å². The van der Waals surface area contributed by atoms with Crippen LogP contribution in [0.25, 0.3) is 11.3 Å². The van der Waals surface area contributed by atoms with Crippen LogP contribution in [0.3, 0.4) is 0 Å². The number of hydrogen-bond acceptors (Lipinski definition) is 3. The van der Waals surface area contributed by atoms with Crippen molar-refractivity contribution in [2.75, 3.05) is 20.2 Å². The lowest BCUT2D eigenvalue weighted by atomic mass is 10.1. The molecule has 1 aliphatic rings. The van der Waals surface area contributed by atoms with E-state index in [-0.39, 0.29) is 5.91 Å². The summed E-state index contributed by atoms with van der Waals surface area (Å²) < 4.78 is 5.13. The molecule has 0 unspecified atom stereocenters. The van der Waals surface area contributed by atoms with Crippen molar-refractivity contribution < 1.29 is 9.53 Å². The van der Waals surface area contributed by atoms with Gasteiger partial charge >= 0.3 is 0 Å². The van der Waals surface area contributed by atoms with Crippen LogP contribution in [0.4, 0.5) is 0 Å². The summed E-state index contributed by atoms with van der Waals surface area (Å²) in [5.41, 5.74) is 2.29. The standard InChI is InChI=1S/C15H17N3O2/c1-20-12-6-4-11(5-7-12)13-10-14(17-16-13)15(19)18-8-2-3-9-18/h4-7,10H,2-3,8-9H2,1H3,(H,16,17). The lowest BCUT2D eigenvalue weighted by Gasteiger charge is -2.12. The monoisotopic (exact) mass is 271 g/mol. The van der Waals surface area contributed by atoms with E-state index in [4.69, 9.17) is 4.74 Å². The molecule has 0 saturated carbocycles. The Labute approximate surface area is 117 Å². The molecule has 0 aliphatic carbocycles. The predicted molar refractivity (Wildman–Crippen MR) is 75.7 cm³/mol. The van der Waals surface area contributed by atoms with E-state index in [1.165, 1.54) is 0 Å². The Morgan fingerprint density at radius 2 is 1.95 bits per heavy atom. The summed E-state index contributed by atoms with van der Waals surface area (Å²) in [6, 6.07) is 9.43.